The second-order valence-electron chi connectivity index (χ2n) is 9.31. The number of carbonyl (C=O) groups excluding carboxylic acids is 1. The first-order valence-electron chi connectivity index (χ1n) is 11.8. The van der Waals surface area contributed by atoms with E-state index in [4.69, 9.17) is 24.5 Å². The molecule has 0 bridgehead atoms. The van der Waals surface area contributed by atoms with Crippen molar-refractivity contribution in [2.24, 2.45) is 0 Å². The Labute approximate surface area is 198 Å². The van der Waals surface area contributed by atoms with E-state index in [-0.39, 0.29) is 18.2 Å². The number of nitrogens with one attached hydrogen (secondary N) is 2. The van der Waals surface area contributed by atoms with Crippen molar-refractivity contribution in [3.8, 4) is 17.3 Å². The van der Waals surface area contributed by atoms with Crippen LogP contribution in [0.3, 0.4) is 0 Å². The molecule has 2 aliphatic heterocycles. The average molecular weight is 470 g/mol. The standard InChI is InChI=1S/C24H31N5O5/c1-15-14-33-11-10-29(15)21-19-6-7-24(8-9-24)34-22(19)28-20(27-21)16-2-4-17(5-3-16)26-23(32)25-12-18(31)13-30/h2-5,15,18,30-31H,6-14H2,1H3,(H2,25,26,32). The molecule has 2 fully saturated rings. The fourth-order valence-electron chi connectivity index (χ4n) is 4.42. The molecule has 10 heteroatoms. The topological polar surface area (TPSA) is 129 Å². The molecule has 3 heterocycles. The molecule has 182 valence electrons. The molecule has 0 radical (unpaired) electrons. The van der Waals surface area contributed by atoms with Crippen molar-refractivity contribution in [2.75, 3.05) is 43.1 Å². The number of urea groups is 1. The Morgan fingerprint density at radius 2 is 2.06 bits per heavy atom. The van der Waals surface area contributed by atoms with E-state index in [1.54, 1.807) is 12.1 Å². The zero-order valence-electron chi connectivity index (χ0n) is 19.3. The molecule has 1 aromatic heterocycles. The van der Waals surface area contributed by atoms with Gasteiger partial charge in [-0.1, -0.05) is 0 Å². The van der Waals surface area contributed by atoms with Gasteiger partial charge in [-0.2, -0.15) is 4.98 Å². The quantitative estimate of drug-likeness (QED) is 0.503. The molecule has 1 spiro atoms. The van der Waals surface area contributed by atoms with Crippen LogP contribution in [0.15, 0.2) is 24.3 Å². The number of aliphatic hydroxyl groups excluding tert-OH is 2. The highest BCUT2D eigenvalue weighted by Crippen LogP contribution is 2.49. The Balaban J connectivity index is 1.39. The van der Waals surface area contributed by atoms with E-state index in [0.717, 1.165) is 49.2 Å². The summed E-state index contributed by atoms with van der Waals surface area (Å²) in [7, 11) is 0. The van der Waals surface area contributed by atoms with Gasteiger partial charge in [0, 0.05) is 24.3 Å². The maximum absolute atomic E-state index is 12.0. The second kappa shape index (κ2) is 9.36. The van der Waals surface area contributed by atoms with Crippen LogP contribution in [0, 0.1) is 0 Å². The Morgan fingerprint density at radius 3 is 2.76 bits per heavy atom. The number of morpholine rings is 1. The number of ether oxygens (including phenoxy) is 2. The molecule has 1 saturated carbocycles. The molecule has 2 atom stereocenters. The first kappa shape index (κ1) is 22.8. The van der Waals surface area contributed by atoms with Crippen LogP contribution in [0.1, 0.15) is 31.7 Å². The number of benzene rings is 1. The molecule has 4 N–H and O–H groups in total. The van der Waals surface area contributed by atoms with Gasteiger partial charge < -0.3 is 35.2 Å². The Hall–Kier alpha value is -2.95. The van der Waals surface area contributed by atoms with Crippen molar-refractivity contribution in [1.29, 1.82) is 0 Å². The van der Waals surface area contributed by atoms with E-state index < -0.39 is 18.7 Å². The molecule has 2 aromatic rings. The van der Waals surface area contributed by atoms with Crippen LogP contribution in [0.4, 0.5) is 16.3 Å². The van der Waals surface area contributed by atoms with Crippen LogP contribution in [0.2, 0.25) is 0 Å². The summed E-state index contributed by atoms with van der Waals surface area (Å²) in [5, 5.41) is 23.4. The molecule has 1 aromatic carbocycles. The fraction of sp³-hybridized carbons (Fsp3) is 0.542. The Morgan fingerprint density at radius 1 is 1.26 bits per heavy atom. The Kier molecular flexibility index (Phi) is 6.28. The Bertz CT molecular complexity index is 1040. The SMILES string of the molecule is CC1COCCN1c1nc(-c2ccc(NC(=O)NCC(O)CO)cc2)nc2c1CCC1(CC1)O2. The minimum Gasteiger partial charge on any atom is -0.471 e. The van der Waals surface area contributed by atoms with Crippen molar-refractivity contribution in [1.82, 2.24) is 15.3 Å². The predicted molar refractivity (Wildman–Crippen MR) is 126 cm³/mol. The molecule has 10 nitrogen and oxygen atoms in total. The number of nitrogens with zero attached hydrogens (tertiary/aromatic N) is 3. The van der Waals surface area contributed by atoms with Gasteiger partial charge in [0.2, 0.25) is 5.88 Å². The minimum atomic E-state index is -0.991. The van der Waals surface area contributed by atoms with Gasteiger partial charge in [0.1, 0.15) is 11.4 Å². The summed E-state index contributed by atoms with van der Waals surface area (Å²) < 4.78 is 12.0. The number of fused-ring (bicyclic) bond motifs is 1. The van der Waals surface area contributed by atoms with Crippen LogP contribution < -0.4 is 20.3 Å². The lowest BCUT2D eigenvalue weighted by molar-refractivity contribution is 0.0965. The van der Waals surface area contributed by atoms with Crippen LogP contribution in [0.25, 0.3) is 11.4 Å². The van der Waals surface area contributed by atoms with Crippen molar-refractivity contribution >= 4 is 17.5 Å². The number of hydrogen-bond donors (Lipinski definition) is 4. The third kappa shape index (κ3) is 4.79. The summed E-state index contributed by atoms with van der Waals surface area (Å²) in [6, 6.07) is 7.04. The maximum Gasteiger partial charge on any atom is 0.319 e. The fourth-order valence-corrected chi connectivity index (χ4v) is 4.42. The van der Waals surface area contributed by atoms with E-state index in [2.05, 4.69) is 22.5 Å². The molecule has 1 aliphatic carbocycles. The average Bonchev–Trinajstić information content (AvgIpc) is 3.60. The van der Waals surface area contributed by atoms with Gasteiger partial charge in [0.05, 0.1) is 37.5 Å². The zero-order valence-corrected chi connectivity index (χ0v) is 19.3. The largest absolute Gasteiger partial charge is 0.471 e. The molecule has 1 saturated heterocycles. The van der Waals surface area contributed by atoms with E-state index in [1.165, 1.54) is 0 Å². The van der Waals surface area contributed by atoms with Crippen molar-refractivity contribution < 1.29 is 24.5 Å². The first-order valence-corrected chi connectivity index (χ1v) is 11.8. The summed E-state index contributed by atoms with van der Waals surface area (Å²) in [6.07, 6.45) is 3.08. The lowest BCUT2D eigenvalue weighted by atomic mass is 10.0. The highest BCUT2D eigenvalue weighted by molar-refractivity contribution is 5.89. The summed E-state index contributed by atoms with van der Waals surface area (Å²) in [5.41, 5.74) is 2.45. The predicted octanol–water partition coefficient (Wildman–Crippen LogP) is 1.70. The van der Waals surface area contributed by atoms with Gasteiger partial charge in [-0.3, -0.25) is 0 Å². The molecule has 3 aliphatic rings. The van der Waals surface area contributed by atoms with Crippen molar-refractivity contribution in [3.63, 3.8) is 0 Å². The van der Waals surface area contributed by atoms with Gasteiger partial charge >= 0.3 is 6.03 Å². The number of amides is 2. The number of hydrogen-bond acceptors (Lipinski definition) is 8. The van der Waals surface area contributed by atoms with Crippen LogP contribution in [-0.2, 0) is 11.2 Å². The van der Waals surface area contributed by atoms with E-state index in [0.29, 0.717) is 30.6 Å². The van der Waals surface area contributed by atoms with Crippen LogP contribution in [0.5, 0.6) is 5.88 Å². The van der Waals surface area contributed by atoms with E-state index >= 15 is 0 Å². The van der Waals surface area contributed by atoms with Crippen molar-refractivity contribution in [2.45, 2.75) is 50.4 Å². The lowest BCUT2D eigenvalue weighted by Gasteiger charge is -2.37. The lowest BCUT2D eigenvalue weighted by Crippen LogP contribution is -2.45. The minimum absolute atomic E-state index is 0.0341. The molecule has 2 amide bonds. The highest BCUT2D eigenvalue weighted by atomic mass is 16.5. The summed E-state index contributed by atoms with van der Waals surface area (Å²) in [4.78, 5) is 24.1. The third-order valence-electron chi connectivity index (χ3n) is 6.65. The van der Waals surface area contributed by atoms with Gasteiger partial charge in [0.15, 0.2) is 5.82 Å². The monoisotopic (exact) mass is 469 g/mol. The number of aliphatic hydroxyl groups is 2. The summed E-state index contributed by atoms with van der Waals surface area (Å²) in [6.45, 7) is 3.81. The molecule has 2 unspecified atom stereocenters. The number of rotatable bonds is 6. The summed E-state index contributed by atoms with van der Waals surface area (Å²) in [5.74, 6) is 2.20. The van der Waals surface area contributed by atoms with Crippen LogP contribution in [-0.4, -0.2) is 76.9 Å². The van der Waals surface area contributed by atoms with Gasteiger partial charge in [-0.25, -0.2) is 9.78 Å². The number of anilines is 2. The highest BCUT2D eigenvalue weighted by Gasteiger charge is 2.49. The zero-order chi connectivity index (χ0) is 23.7. The molecular formula is C24H31N5O5. The molecule has 34 heavy (non-hydrogen) atoms. The number of carbonyl (C=O) groups is 1. The summed E-state index contributed by atoms with van der Waals surface area (Å²) >= 11 is 0. The molecular weight excluding hydrogens is 438 g/mol. The van der Waals surface area contributed by atoms with Gasteiger partial charge in [-0.05, 0) is 56.9 Å². The van der Waals surface area contributed by atoms with E-state index in [1.807, 2.05) is 12.1 Å². The number of aromatic nitrogens is 2. The van der Waals surface area contributed by atoms with Gasteiger partial charge in [0.25, 0.3) is 0 Å². The van der Waals surface area contributed by atoms with Crippen molar-refractivity contribution in [3.05, 3.63) is 29.8 Å². The van der Waals surface area contributed by atoms with E-state index in [9.17, 15) is 9.90 Å². The van der Waals surface area contributed by atoms with Crippen LogP contribution >= 0.6 is 0 Å². The van der Waals surface area contributed by atoms with Gasteiger partial charge in [-0.15, -0.1) is 0 Å². The normalized spacial score (nSPS) is 21.4. The third-order valence-corrected chi connectivity index (χ3v) is 6.65. The smallest absolute Gasteiger partial charge is 0.319 e. The second-order valence-corrected chi connectivity index (χ2v) is 9.31. The first-order chi connectivity index (χ1) is 16.5. The molecule has 5 rings (SSSR count). The maximum atomic E-state index is 12.0.